The van der Waals surface area contributed by atoms with Gasteiger partial charge >= 0.3 is 0 Å². The highest BCUT2D eigenvalue weighted by atomic mass is 16.2. The molecule has 1 fully saturated rings. The van der Waals surface area contributed by atoms with Crippen molar-refractivity contribution >= 4 is 11.7 Å². The van der Waals surface area contributed by atoms with Crippen molar-refractivity contribution in [1.29, 1.82) is 0 Å². The Labute approximate surface area is 98.2 Å². The second kappa shape index (κ2) is 4.98. The molecule has 0 aromatic carbocycles. The zero-order chi connectivity index (χ0) is 12.3. The van der Waals surface area contributed by atoms with Crippen molar-refractivity contribution in [3.05, 3.63) is 0 Å². The van der Waals surface area contributed by atoms with E-state index in [-0.39, 0.29) is 23.0 Å². The van der Waals surface area contributed by atoms with Crippen LogP contribution < -0.4 is 0 Å². The summed E-state index contributed by atoms with van der Waals surface area (Å²) < 4.78 is 0. The third-order valence-corrected chi connectivity index (χ3v) is 3.60. The summed E-state index contributed by atoms with van der Waals surface area (Å²) in [6, 6.07) is 0. The molecule has 0 bridgehead atoms. The fraction of sp³-hybridized carbons (Fsp3) is 0.846. The number of ketones is 1. The number of piperidine rings is 1. The second-order valence-electron chi connectivity index (χ2n) is 5.33. The normalized spacial score (nSPS) is 20.3. The van der Waals surface area contributed by atoms with E-state index in [0.29, 0.717) is 19.5 Å². The Balaban J connectivity index is 2.69. The molecule has 92 valence electrons. The van der Waals surface area contributed by atoms with Gasteiger partial charge in [-0.3, -0.25) is 9.59 Å². The van der Waals surface area contributed by atoms with Crippen molar-refractivity contribution in [3.63, 3.8) is 0 Å². The molecule has 1 rings (SSSR count). The Morgan fingerprint density at radius 2 is 1.94 bits per heavy atom. The van der Waals surface area contributed by atoms with Gasteiger partial charge in [0.25, 0.3) is 0 Å². The smallest absolute Gasteiger partial charge is 0.225 e. The lowest BCUT2D eigenvalue weighted by Crippen LogP contribution is -2.50. The van der Waals surface area contributed by atoms with Gasteiger partial charge in [-0.15, -0.1) is 0 Å². The van der Waals surface area contributed by atoms with Crippen molar-refractivity contribution in [2.75, 3.05) is 13.1 Å². The van der Waals surface area contributed by atoms with Crippen molar-refractivity contribution in [2.45, 2.75) is 47.0 Å². The van der Waals surface area contributed by atoms with Gasteiger partial charge in [0, 0.05) is 30.8 Å². The zero-order valence-electron chi connectivity index (χ0n) is 10.9. The zero-order valence-corrected chi connectivity index (χ0v) is 10.9. The number of rotatable bonds is 3. The van der Waals surface area contributed by atoms with Gasteiger partial charge in [0.1, 0.15) is 5.78 Å². The summed E-state index contributed by atoms with van der Waals surface area (Å²) in [6.45, 7) is 9.15. The molecule has 0 N–H and O–H groups in total. The molecule has 3 heteroatoms. The number of hydrogen-bond acceptors (Lipinski definition) is 2. The molecule has 0 aromatic rings. The van der Waals surface area contributed by atoms with Crippen LogP contribution in [0.25, 0.3) is 0 Å². The minimum atomic E-state index is -0.361. The van der Waals surface area contributed by atoms with E-state index in [1.165, 1.54) is 0 Å². The molecule has 0 aliphatic carbocycles. The van der Waals surface area contributed by atoms with Crippen molar-refractivity contribution < 1.29 is 9.59 Å². The largest absolute Gasteiger partial charge is 0.341 e. The third-order valence-electron chi connectivity index (χ3n) is 3.60. The van der Waals surface area contributed by atoms with Crippen molar-refractivity contribution in [3.8, 4) is 0 Å². The molecule has 16 heavy (non-hydrogen) atoms. The maximum absolute atomic E-state index is 12.2. The predicted molar refractivity (Wildman–Crippen MR) is 64.1 cm³/mol. The van der Waals surface area contributed by atoms with Gasteiger partial charge < -0.3 is 4.90 Å². The van der Waals surface area contributed by atoms with Gasteiger partial charge in [-0.2, -0.15) is 0 Å². The van der Waals surface area contributed by atoms with E-state index in [1.54, 1.807) is 0 Å². The minimum Gasteiger partial charge on any atom is -0.341 e. The fourth-order valence-corrected chi connectivity index (χ4v) is 2.30. The summed E-state index contributed by atoms with van der Waals surface area (Å²) in [7, 11) is 0. The highest BCUT2D eigenvalue weighted by Crippen LogP contribution is 2.27. The van der Waals surface area contributed by atoms with Crippen LogP contribution in [0.5, 0.6) is 0 Å². The number of carbonyl (C=O) groups excluding carboxylic acids is 2. The first-order chi connectivity index (χ1) is 7.42. The maximum atomic E-state index is 12.2. The molecule has 0 atom stereocenters. The number of nitrogens with zero attached hydrogens (tertiary/aromatic N) is 1. The summed E-state index contributed by atoms with van der Waals surface area (Å²) in [5.74, 6) is 0.635. The van der Waals surface area contributed by atoms with Crippen LogP contribution in [-0.4, -0.2) is 29.7 Å². The summed E-state index contributed by atoms with van der Waals surface area (Å²) in [5.41, 5.74) is -0.361. The summed E-state index contributed by atoms with van der Waals surface area (Å²) in [4.78, 5) is 25.7. The average molecular weight is 225 g/mol. The first-order valence-corrected chi connectivity index (χ1v) is 6.24. The quantitative estimate of drug-likeness (QED) is 0.738. The molecule has 0 spiro atoms. The van der Waals surface area contributed by atoms with Gasteiger partial charge in [-0.1, -0.05) is 27.7 Å². The number of hydrogen-bond donors (Lipinski definition) is 0. The van der Waals surface area contributed by atoms with Crippen LogP contribution >= 0.6 is 0 Å². The Morgan fingerprint density at radius 1 is 1.38 bits per heavy atom. The van der Waals surface area contributed by atoms with Crippen LogP contribution in [0.3, 0.4) is 0 Å². The van der Waals surface area contributed by atoms with Gasteiger partial charge in [-0.05, 0) is 12.8 Å². The van der Waals surface area contributed by atoms with Gasteiger partial charge in [-0.25, -0.2) is 0 Å². The molecule has 1 aliphatic heterocycles. The standard InChI is InChI=1S/C13H23NO2/c1-5-10(6-2)12(16)14-8-7-11(15)13(3,4)9-14/h10H,5-9H2,1-4H3. The van der Waals surface area contributed by atoms with Crippen LogP contribution in [0.4, 0.5) is 0 Å². The maximum Gasteiger partial charge on any atom is 0.225 e. The number of amides is 1. The molecule has 1 heterocycles. The molecule has 0 radical (unpaired) electrons. The first-order valence-electron chi connectivity index (χ1n) is 6.24. The molecule has 1 amide bonds. The van der Waals surface area contributed by atoms with Gasteiger partial charge in [0.05, 0.1) is 0 Å². The van der Waals surface area contributed by atoms with Crippen LogP contribution in [0.2, 0.25) is 0 Å². The monoisotopic (exact) mass is 225 g/mol. The van der Waals surface area contributed by atoms with E-state index in [0.717, 1.165) is 12.8 Å². The Morgan fingerprint density at radius 3 is 2.38 bits per heavy atom. The first kappa shape index (κ1) is 13.2. The highest BCUT2D eigenvalue weighted by Gasteiger charge is 2.37. The lowest BCUT2D eigenvalue weighted by Gasteiger charge is -2.38. The van der Waals surface area contributed by atoms with Crippen LogP contribution in [0, 0.1) is 11.3 Å². The topological polar surface area (TPSA) is 37.4 Å². The average Bonchev–Trinajstić information content (AvgIpc) is 2.23. The summed E-state index contributed by atoms with van der Waals surface area (Å²) >= 11 is 0. The predicted octanol–water partition coefficient (Wildman–Crippen LogP) is 2.25. The Bertz CT molecular complexity index is 280. The van der Waals surface area contributed by atoms with E-state index in [2.05, 4.69) is 0 Å². The molecular weight excluding hydrogens is 202 g/mol. The fourth-order valence-electron chi connectivity index (χ4n) is 2.30. The lowest BCUT2D eigenvalue weighted by molar-refractivity contribution is -0.144. The lowest BCUT2D eigenvalue weighted by atomic mass is 9.82. The van der Waals surface area contributed by atoms with Gasteiger partial charge in [0.2, 0.25) is 5.91 Å². The van der Waals surface area contributed by atoms with Crippen LogP contribution in [-0.2, 0) is 9.59 Å². The molecule has 1 saturated heterocycles. The van der Waals surface area contributed by atoms with Crippen LogP contribution in [0.15, 0.2) is 0 Å². The number of likely N-dealkylation sites (tertiary alicyclic amines) is 1. The summed E-state index contributed by atoms with van der Waals surface area (Å²) in [6.07, 6.45) is 2.29. The van der Waals surface area contributed by atoms with E-state index in [9.17, 15) is 9.59 Å². The Kier molecular flexibility index (Phi) is 4.11. The molecule has 0 unspecified atom stereocenters. The molecule has 1 aliphatic rings. The van der Waals surface area contributed by atoms with Gasteiger partial charge in [0.15, 0.2) is 0 Å². The van der Waals surface area contributed by atoms with E-state index >= 15 is 0 Å². The molecule has 0 saturated carbocycles. The van der Waals surface area contributed by atoms with Crippen molar-refractivity contribution in [2.24, 2.45) is 11.3 Å². The van der Waals surface area contributed by atoms with Crippen LogP contribution in [0.1, 0.15) is 47.0 Å². The number of Topliss-reactive ketones (excluding diaryl/α,β-unsaturated/α-hetero) is 1. The molecule has 3 nitrogen and oxygen atoms in total. The van der Waals surface area contributed by atoms with E-state index in [1.807, 2.05) is 32.6 Å². The molecule has 0 aromatic heterocycles. The minimum absolute atomic E-state index is 0.129. The second-order valence-corrected chi connectivity index (χ2v) is 5.33. The Hall–Kier alpha value is -0.860. The third kappa shape index (κ3) is 2.63. The summed E-state index contributed by atoms with van der Waals surface area (Å²) in [5, 5.41) is 0. The van der Waals surface area contributed by atoms with E-state index in [4.69, 9.17) is 0 Å². The van der Waals surface area contributed by atoms with Crippen molar-refractivity contribution in [1.82, 2.24) is 4.90 Å². The highest BCUT2D eigenvalue weighted by molar-refractivity contribution is 5.88. The van der Waals surface area contributed by atoms with E-state index < -0.39 is 0 Å². The molecular formula is C13H23NO2. The SMILES string of the molecule is CCC(CC)C(=O)N1CCC(=O)C(C)(C)C1. The number of carbonyl (C=O) groups is 2.